The first-order valence-electron chi connectivity index (χ1n) is 5.64. The number of fused-ring (bicyclic) bond motifs is 3. The standard InChI is InChI=1S/C15H15N/c1-9-6-10(2)15-11(7-9)8-13-12(15)4-3-5-14(13)16/h3-7H,8,16H2,1-2H3. The zero-order valence-electron chi connectivity index (χ0n) is 9.67. The quantitative estimate of drug-likeness (QED) is 0.564. The molecule has 3 rings (SSSR count). The summed E-state index contributed by atoms with van der Waals surface area (Å²) in [5.41, 5.74) is 15.1. The maximum atomic E-state index is 6.04. The number of benzene rings is 2. The Balaban J connectivity index is 2.34. The Labute approximate surface area is 95.9 Å². The first kappa shape index (κ1) is 9.46. The van der Waals surface area contributed by atoms with Gasteiger partial charge in [0.05, 0.1) is 0 Å². The van der Waals surface area contributed by atoms with Crippen molar-refractivity contribution in [2.75, 3.05) is 5.73 Å². The van der Waals surface area contributed by atoms with E-state index in [1.54, 1.807) is 0 Å². The third kappa shape index (κ3) is 1.18. The summed E-state index contributed by atoms with van der Waals surface area (Å²) in [6.45, 7) is 4.34. The molecule has 16 heavy (non-hydrogen) atoms. The summed E-state index contributed by atoms with van der Waals surface area (Å²) in [5.74, 6) is 0. The molecular formula is C15H15N. The van der Waals surface area contributed by atoms with Crippen LogP contribution in [0.1, 0.15) is 22.3 Å². The lowest BCUT2D eigenvalue weighted by Gasteiger charge is -2.07. The molecule has 1 aliphatic carbocycles. The Kier molecular flexibility index (Phi) is 1.84. The monoisotopic (exact) mass is 209 g/mol. The van der Waals surface area contributed by atoms with Crippen molar-refractivity contribution in [1.82, 2.24) is 0 Å². The zero-order valence-corrected chi connectivity index (χ0v) is 9.67. The highest BCUT2D eigenvalue weighted by Gasteiger charge is 2.21. The first-order valence-corrected chi connectivity index (χ1v) is 5.64. The van der Waals surface area contributed by atoms with Crippen LogP contribution < -0.4 is 5.73 Å². The van der Waals surface area contributed by atoms with Crippen LogP contribution in [0.25, 0.3) is 11.1 Å². The number of nitrogens with two attached hydrogens (primary N) is 1. The van der Waals surface area contributed by atoms with Gasteiger partial charge >= 0.3 is 0 Å². The minimum Gasteiger partial charge on any atom is -0.398 e. The van der Waals surface area contributed by atoms with E-state index >= 15 is 0 Å². The van der Waals surface area contributed by atoms with Crippen molar-refractivity contribution < 1.29 is 0 Å². The van der Waals surface area contributed by atoms with Crippen LogP contribution in [0.4, 0.5) is 5.69 Å². The molecule has 2 aromatic carbocycles. The van der Waals surface area contributed by atoms with E-state index in [1.165, 1.54) is 33.4 Å². The van der Waals surface area contributed by atoms with Crippen LogP contribution in [0.15, 0.2) is 30.3 Å². The largest absolute Gasteiger partial charge is 0.398 e. The highest BCUT2D eigenvalue weighted by molar-refractivity contribution is 5.83. The lowest BCUT2D eigenvalue weighted by Crippen LogP contribution is -1.91. The second-order valence-corrected chi connectivity index (χ2v) is 4.67. The third-order valence-electron chi connectivity index (χ3n) is 3.41. The van der Waals surface area contributed by atoms with Crippen LogP contribution in [0.3, 0.4) is 0 Å². The summed E-state index contributed by atoms with van der Waals surface area (Å²) >= 11 is 0. The molecule has 0 aromatic heterocycles. The summed E-state index contributed by atoms with van der Waals surface area (Å²) in [5, 5.41) is 0. The van der Waals surface area contributed by atoms with Crippen molar-refractivity contribution in [3.63, 3.8) is 0 Å². The molecule has 0 amide bonds. The average molecular weight is 209 g/mol. The summed E-state index contributed by atoms with van der Waals surface area (Å²) in [6, 6.07) is 10.7. The molecule has 80 valence electrons. The molecule has 0 fully saturated rings. The highest BCUT2D eigenvalue weighted by Crippen LogP contribution is 2.41. The minimum absolute atomic E-state index is 0.922. The molecule has 0 atom stereocenters. The average Bonchev–Trinajstić information content (AvgIpc) is 2.57. The van der Waals surface area contributed by atoms with Crippen LogP contribution in [-0.4, -0.2) is 0 Å². The first-order chi connectivity index (χ1) is 7.66. The second kappa shape index (κ2) is 3.11. The van der Waals surface area contributed by atoms with Gasteiger partial charge in [0.15, 0.2) is 0 Å². The highest BCUT2D eigenvalue weighted by atomic mass is 14.6. The summed E-state index contributed by atoms with van der Waals surface area (Å²) in [6.07, 6.45) is 0.986. The topological polar surface area (TPSA) is 26.0 Å². The van der Waals surface area contributed by atoms with Crippen LogP contribution in [0, 0.1) is 13.8 Å². The van der Waals surface area contributed by atoms with Gasteiger partial charge in [0.25, 0.3) is 0 Å². The molecule has 0 heterocycles. The van der Waals surface area contributed by atoms with Crippen LogP contribution in [0.2, 0.25) is 0 Å². The van der Waals surface area contributed by atoms with Crippen molar-refractivity contribution >= 4 is 5.69 Å². The van der Waals surface area contributed by atoms with Crippen LogP contribution >= 0.6 is 0 Å². The van der Waals surface area contributed by atoms with E-state index in [9.17, 15) is 0 Å². The van der Waals surface area contributed by atoms with Crippen molar-refractivity contribution in [1.29, 1.82) is 0 Å². The number of nitrogen functional groups attached to an aromatic ring is 1. The number of rotatable bonds is 0. The van der Waals surface area contributed by atoms with Gasteiger partial charge in [-0.1, -0.05) is 29.8 Å². The number of anilines is 1. The van der Waals surface area contributed by atoms with Gasteiger partial charge in [-0.3, -0.25) is 0 Å². The lowest BCUT2D eigenvalue weighted by atomic mass is 9.98. The Bertz CT molecular complexity index is 582. The Morgan fingerprint density at radius 1 is 1.12 bits per heavy atom. The molecule has 0 unspecified atom stereocenters. The zero-order chi connectivity index (χ0) is 11.3. The fraction of sp³-hybridized carbons (Fsp3) is 0.200. The van der Waals surface area contributed by atoms with Crippen molar-refractivity contribution in [3.8, 4) is 11.1 Å². The number of hydrogen-bond donors (Lipinski definition) is 1. The molecule has 0 radical (unpaired) electrons. The van der Waals surface area contributed by atoms with Gasteiger partial charge in [-0.15, -0.1) is 0 Å². The van der Waals surface area contributed by atoms with Gasteiger partial charge in [-0.2, -0.15) is 0 Å². The van der Waals surface area contributed by atoms with E-state index in [0.717, 1.165) is 12.1 Å². The van der Waals surface area contributed by atoms with E-state index in [4.69, 9.17) is 5.73 Å². The molecule has 0 saturated heterocycles. The van der Waals surface area contributed by atoms with Gasteiger partial charge in [0.2, 0.25) is 0 Å². The molecule has 0 saturated carbocycles. The predicted octanol–water partition coefficient (Wildman–Crippen LogP) is 3.46. The number of aryl methyl sites for hydroxylation is 2. The van der Waals surface area contributed by atoms with Gasteiger partial charge in [-0.25, -0.2) is 0 Å². The maximum absolute atomic E-state index is 6.04. The van der Waals surface area contributed by atoms with E-state index in [2.05, 4.69) is 32.0 Å². The van der Waals surface area contributed by atoms with Crippen LogP contribution in [0.5, 0.6) is 0 Å². The van der Waals surface area contributed by atoms with Gasteiger partial charge < -0.3 is 5.73 Å². The molecule has 0 aliphatic heterocycles. The van der Waals surface area contributed by atoms with E-state index in [0.29, 0.717) is 0 Å². The van der Waals surface area contributed by atoms with E-state index in [-0.39, 0.29) is 0 Å². The molecule has 1 nitrogen and oxygen atoms in total. The summed E-state index contributed by atoms with van der Waals surface area (Å²) < 4.78 is 0. The normalized spacial score (nSPS) is 12.4. The summed E-state index contributed by atoms with van der Waals surface area (Å²) in [4.78, 5) is 0. The second-order valence-electron chi connectivity index (χ2n) is 4.67. The smallest absolute Gasteiger partial charge is 0.0356 e. The molecule has 2 aromatic rings. The fourth-order valence-electron chi connectivity index (χ4n) is 2.81. The summed E-state index contributed by atoms with van der Waals surface area (Å²) in [7, 11) is 0. The van der Waals surface area contributed by atoms with Crippen molar-refractivity contribution in [2.24, 2.45) is 0 Å². The molecule has 1 heteroatoms. The van der Waals surface area contributed by atoms with Gasteiger partial charge in [0, 0.05) is 12.1 Å². The van der Waals surface area contributed by atoms with Crippen molar-refractivity contribution in [3.05, 3.63) is 52.6 Å². The molecule has 0 bridgehead atoms. The Morgan fingerprint density at radius 2 is 1.94 bits per heavy atom. The predicted molar refractivity (Wildman–Crippen MR) is 68.6 cm³/mol. The van der Waals surface area contributed by atoms with Crippen LogP contribution in [-0.2, 0) is 6.42 Å². The molecule has 0 spiro atoms. The lowest BCUT2D eigenvalue weighted by molar-refractivity contribution is 1.24. The van der Waals surface area contributed by atoms with E-state index < -0.39 is 0 Å². The van der Waals surface area contributed by atoms with E-state index in [1.807, 2.05) is 12.1 Å². The SMILES string of the molecule is Cc1cc(C)c2c(c1)Cc1c(N)cccc1-2. The Morgan fingerprint density at radius 3 is 2.75 bits per heavy atom. The van der Waals surface area contributed by atoms with Gasteiger partial charge in [0.1, 0.15) is 0 Å². The molecule has 2 N–H and O–H groups in total. The third-order valence-corrected chi connectivity index (χ3v) is 3.41. The number of hydrogen-bond acceptors (Lipinski definition) is 1. The minimum atomic E-state index is 0.922. The maximum Gasteiger partial charge on any atom is 0.0356 e. The Hall–Kier alpha value is -1.76. The molecule has 1 aliphatic rings. The fourth-order valence-corrected chi connectivity index (χ4v) is 2.81. The van der Waals surface area contributed by atoms with Gasteiger partial charge in [-0.05, 0) is 47.7 Å². The molecular weight excluding hydrogens is 194 g/mol. The van der Waals surface area contributed by atoms with Crippen molar-refractivity contribution in [2.45, 2.75) is 20.3 Å².